The van der Waals surface area contributed by atoms with Gasteiger partial charge in [-0.1, -0.05) is 12.1 Å². The second kappa shape index (κ2) is 4.65. The maximum absolute atomic E-state index is 11.2. The molecule has 1 atom stereocenters. The van der Waals surface area contributed by atoms with Crippen molar-refractivity contribution in [3.05, 3.63) is 23.8 Å². The summed E-state index contributed by atoms with van der Waals surface area (Å²) in [6.45, 7) is 0. The van der Waals surface area contributed by atoms with Crippen LogP contribution in [0.5, 0.6) is 11.5 Å². The van der Waals surface area contributed by atoms with Gasteiger partial charge in [0.25, 0.3) is 0 Å². The van der Waals surface area contributed by atoms with Crippen LogP contribution in [-0.2, 0) is 9.53 Å². The number of benzene rings is 1. The van der Waals surface area contributed by atoms with Gasteiger partial charge in [0, 0.05) is 5.56 Å². The second-order valence-electron chi connectivity index (χ2n) is 2.90. The summed E-state index contributed by atoms with van der Waals surface area (Å²) in [5.74, 6) is -0.483. The first kappa shape index (κ1) is 11.3. The molecule has 5 nitrogen and oxygen atoms in total. The van der Waals surface area contributed by atoms with E-state index in [2.05, 4.69) is 4.74 Å². The Hall–Kier alpha value is -1.75. The molecule has 0 spiro atoms. The number of ether oxygens (including phenoxy) is 2. The van der Waals surface area contributed by atoms with E-state index < -0.39 is 12.0 Å². The highest BCUT2D eigenvalue weighted by atomic mass is 16.5. The first-order valence-corrected chi connectivity index (χ1v) is 4.31. The smallest absolute Gasteiger partial charge is 0.327 e. The molecule has 15 heavy (non-hydrogen) atoms. The first-order chi connectivity index (χ1) is 7.11. The summed E-state index contributed by atoms with van der Waals surface area (Å²) in [7, 11) is 2.65. The summed E-state index contributed by atoms with van der Waals surface area (Å²) in [4.78, 5) is 11.2. The molecule has 0 aliphatic rings. The van der Waals surface area contributed by atoms with E-state index in [1.54, 1.807) is 18.2 Å². The van der Waals surface area contributed by atoms with Crippen molar-refractivity contribution in [3.8, 4) is 11.5 Å². The number of para-hydroxylation sites is 1. The van der Waals surface area contributed by atoms with Crippen molar-refractivity contribution in [1.29, 1.82) is 0 Å². The highest BCUT2D eigenvalue weighted by Gasteiger charge is 2.21. The van der Waals surface area contributed by atoms with Gasteiger partial charge in [-0.2, -0.15) is 0 Å². The maximum Gasteiger partial charge on any atom is 0.327 e. The summed E-state index contributed by atoms with van der Waals surface area (Å²) in [6, 6.07) is 3.74. The Kier molecular flexibility index (Phi) is 3.51. The molecule has 1 aromatic carbocycles. The van der Waals surface area contributed by atoms with Crippen LogP contribution in [0.3, 0.4) is 0 Å². The fourth-order valence-corrected chi connectivity index (χ4v) is 1.21. The second-order valence-corrected chi connectivity index (χ2v) is 2.90. The van der Waals surface area contributed by atoms with Gasteiger partial charge in [0.2, 0.25) is 0 Å². The molecule has 5 heteroatoms. The number of methoxy groups -OCH3 is 2. The van der Waals surface area contributed by atoms with Crippen LogP contribution < -0.4 is 10.5 Å². The van der Waals surface area contributed by atoms with Gasteiger partial charge in [-0.25, -0.2) is 0 Å². The molecule has 1 rings (SSSR count). The van der Waals surface area contributed by atoms with E-state index in [4.69, 9.17) is 10.5 Å². The molecule has 1 aromatic rings. The SMILES string of the molecule is COC(=O)[C@H](N)c1cccc(OC)c1O. The van der Waals surface area contributed by atoms with Gasteiger partial charge >= 0.3 is 5.97 Å². The summed E-state index contributed by atoms with van der Waals surface area (Å²) >= 11 is 0. The average Bonchev–Trinajstić information content (AvgIpc) is 2.27. The molecule has 0 bridgehead atoms. The number of hydrogen-bond donors (Lipinski definition) is 2. The Balaban J connectivity index is 3.09. The number of nitrogens with two attached hydrogens (primary N) is 1. The van der Waals surface area contributed by atoms with Gasteiger partial charge in [-0.05, 0) is 6.07 Å². The van der Waals surface area contributed by atoms with E-state index >= 15 is 0 Å². The third kappa shape index (κ3) is 2.19. The highest BCUT2D eigenvalue weighted by molar-refractivity contribution is 5.78. The molecular formula is C10H13NO4. The fourth-order valence-electron chi connectivity index (χ4n) is 1.21. The zero-order valence-electron chi connectivity index (χ0n) is 8.56. The lowest BCUT2D eigenvalue weighted by Gasteiger charge is -2.13. The molecule has 0 amide bonds. The molecule has 0 saturated carbocycles. The predicted octanol–water partition coefficient (Wildman–Crippen LogP) is 0.574. The Morgan fingerprint density at radius 2 is 2.13 bits per heavy atom. The number of carbonyl (C=O) groups is 1. The van der Waals surface area contributed by atoms with Gasteiger partial charge in [0.15, 0.2) is 11.5 Å². The molecule has 3 N–H and O–H groups in total. The standard InChI is InChI=1S/C10H13NO4/c1-14-7-5-3-4-6(9(7)12)8(11)10(13)15-2/h3-5,8,12H,11H2,1-2H3/t8-/m1/s1. The highest BCUT2D eigenvalue weighted by Crippen LogP contribution is 2.32. The molecule has 0 aromatic heterocycles. The van der Waals surface area contributed by atoms with E-state index in [1.807, 2.05) is 0 Å². The van der Waals surface area contributed by atoms with Crippen LogP contribution in [0.4, 0.5) is 0 Å². The minimum atomic E-state index is -1.01. The van der Waals surface area contributed by atoms with Crippen molar-refractivity contribution < 1.29 is 19.4 Å². The van der Waals surface area contributed by atoms with Gasteiger partial charge in [-0.15, -0.1) is 0 Å². The van der Waals surface area contributed by atoms with Crippen molar-refractivity contribution in [3.63, 3.8) is 0 Å². The Morgan fingerprint density at radius 3 is 2.67 bits per heavy atom. The normalized spacial score (nSPS) is 11.9. The lowest BCUT2D eigenvalue weighted by atomic mass is 10.1. The molecular weight excluding hydrogens is 198 g/mol. The molecule has 0 fully saturated rings. The van der Waals surface area contributed by atoms with Crippen LogP contribution >= 0.6 is 0 Å². The van der Waals surface area contributed by atoms with E-state index in [-0.39, 0.29) is 17.1 Å². The zero-order valence-corrected chi connectivity index (χ0v) is 8.56. The van der Waals surface area contributed by atoms with Crippen molar-refractivity contribution in [1.82, 2.24) is 0 Å². The average molecular weight is 211 g/mol. The third-order valence-corrected chi connectivity index (χ3v) is 2.04. The number of phenols is 1. The summed E-state index contributed by atoms with van der Waals surface area (Å²) in [5, 5.41) is 9.69. The van der Waals surface area contributed by atoms with E-state index in [0.29, 0.717) is 0 Å². The van der Waals surface area contributed by atoms with E-state index in [9.17, 15) is 9.90 Å². The van der Waals surface area contributed by atoms with Crippen molar-refractivity contribution in [2.75, 3.05) is 14.2 Å². The largest absolute Gasteiger partial charge is 0.504 e. The number of aromatic hydroxyl groups is 1. The topological polar surface area (TPSA) is 81.8 Å². The molecule has 0 heterocycles. The van der Waals surface area contributed by atoms with Crippen molar-refractivity contribution in [2.45, 2.75) is 6.04 Å². The van der Waals surface area contributed by atoms with Crippen molar-refractivity contribution in [2.24, 2.45) is 5.73 Å². The maximum atomic E-state index is 11.2. The van der Waals surface area contributed by atoms with Crippen LogP contribution in [0.25, 0.3) is 0 Å². The van der Waals surface area contributed by atoms with Crippen LogP contribution in [0.2, 0.25) is 0 Å². The molecule has 0 radical (unpaired) electrons. The monoisotopic (exact) mass is 211 g/mol. The van der Waals surface area contributed by atoms with Gasteiger partial charge in [0.1, 0.15) is 6.04 Å². The van der Waals surface area contributed by atoms with Gasteiger partial charge < -0.3 is 20.3 Å². The molecule has 0 aliphatic heterocycles. The van der Waals surface area contributed by atoms with Crippen LogP contribution in [0.15, 0.2) is 18.2 Å². The lowest BCUT2D eigenvalue weighted by Crippen LogP contribution is -2.22. The number of carbonyl (C=O) groups excluding carboxylic acids is 1. The van der Waals surface area contributed by atoms with E-state index in [1.165, 1.54) is 14.2 Å². The quantitative estimate of drug-likeness (QED) is 0.714. The third-order valence-electron chi connectivity index (χ3n) is 2.04. The summed E-state index contributed by atoms with van der Waals surface area (Å²) in [6.07, 6.45) is 0. The summed E-state index contributed by atoms with van der Waals surface area (Å²) in [5.41, 5.74) is 5.86. The van der Waals surface area contributed by atoms with E-state index in [0.717, 1.165) is 0 Å². The Morgan fingerprint density at radius 1 is 1.47 bits per heavy atom. The molecule has 82 valence electrons. The Bertz CT molecular complexity index is 364. The molecule has 0 aliphatic carbocycles. The number of phenolic OH excluding ortho intramolecular Hbond substituents is 1. The van der Waals surface area contributed by atoms with Crippen LogP contribution in [0.1, 0.15) is 11.6 Å². The zero-order chi connectivity index (χ0) is 11.4. The van der Waals surface area contributed by atoms with Crippen LogP contribution in [-0.4, -0.2) is 25.3 Å². The molecule has 0 saturated heterocycles. The lowest BCUT2D eigenvalue weighted by molar-refractivity contribution is -0.142. The first-order valence-electron chi connectivity index (χ1n) is 4.31. The fraction of sp³-hybridized carbons (Fsp3) is 0.300. The predicted molar refractivity (Wildman–Crippen MR) is 53.6 cm³/mol. The minimum Gasteiger partial charge on any atom is -0.504 e. The van der Waals surface area contributed by atoms with Gasteiger partial charge in [0.05, 0.1) is 14.2 Å². The Labute approximate surface area is 87.4 Å². The van der Waals surface area contributed by atoms with Crippen molar-refractivity contribution >= 4 is 5.97 Å². The number of hydrogen-bond acceptors (Lipinski definition) is 5. The van der Waals surface area contributed by atoms with Gasteiger partial charge in [-0.3, -0.25) is 4.79 Å². The minimum absolute atomic E-state index is 0.141. The number of rotatable bonds is 3. The summed E-state index contributed by atoms with van der Waals surface area (Å²) < 4.78 is 9.37. The molecule has 0 unspecified atom stereocenters. The number of esters is 1. The van der Waals surface area contributed by atoms with Crippen LogP contribution in [0, 0.1) is 0 Å².